The number of carboxylic acid groups (broad SMARTS) is 1. The zero-order valence-electron chi connectivity index (χ0n) is 14.4. The Bertz CT molecular complexity index is 977. The molecule has 0 heterocycles. The first-order chi connectivity index (χ1) is 12.7. The van der Waals surface area contributed by atoms with Gasteiger partial charge in [0.2, 0.25) is 10.0 Å². The first-order valence-corrected chi connectivity index (χ1v) is 9.51. The van der Waals surface area contributed by atoms with Crippen LogP contribution in [0.15, 0.2) is 47.4 Å². The Kier molecular flexibility index (Phi) is 6.42. The van der Waals surface area contributed by atoms with Gasteiger partial charge in [-0.05, 0) is 37.3 Å². The summed E-state index contributed by atoms with van der Waals surface area (Å²) < 4.78 is 31.9. The second-order valence-corrected chi connectivity index (χ2v) is 7.60. The van der Waals surface area contributed by atoms with Crippen LogP contribution in [0.3, 0.4) is 0 Å². The van der Waals surface area contributed by atoms with Gasteiger partial charge in [0, 0.05) is 0 Å². The van der Waals surface area contributed by atoms with Crippen molar-refractivity contribution in [3.8, 4) is 5.75 Å². The van der Waals surface area contributed by atoms with E-state index in [0.29, 0.717) is 10.7 Å². The van der Waals surface area contributed by atoms with Crippen molar-refractivity contribution in [3.63, 3.8) is 0 Å². The summed E-state index contributed by atoms with van der Waals surface area (Å²) in [5.74, 6) is -1.82. The van der Waals surface area contributed by atoms with E-state index >= 15 is 0 Å². The van der Waals surface area contributed by atoms with Gasteiger partial charge in [-0.2, -0.15) is 4.72 Å². The van der Waals surface area contributed by atoms with E-state index in [4.69, 9.17) is 21.4 Å². The van der Waals surface area contributed by atoms with Crippen LogP contribution in [0.2, 0.25) is 5.02 Å². The molecule has 0 saturated carbocycles. The van der Waals surface area contributed by atoms with Crippen molar-refractivity contribution in [2.75, 3.05) is 12.4 Å². The van der Waals surface area contributed by atoms with Crippen LogP contribution in [0.1, 0.15) is 17.3 Å². The topological polar surface area (TPSA) is 122 Å². The average Bonchev–Trinajstić information content (AvgIpc) is 2.62. The van der Waals surface area contributed by atoms with Crippen molar-refractivity contribution in [1.82, 2.24) is 4.72 Å². The molecular formula is C17H17ClN2O6S. The van der Waals surface area contributed by atoms with Gasteiger partial charge in [0.25, 0.3) is 5.91 Å². The summed E-state index contributed by atoms with van der Waals surface area (Å²) in [5.41, 5.74) is 0.292. The summed E-state index contributed by atoms with van der Waals surface area (Å²) in [6, 6.07) is 8.83. The molecule has 0 aromatic heterocycles. The smallest absolute Gasteiger partial charge is 0.321 e. The van der Waals surface area contributed by atoms with Crippen LogP contribution in [-0.2, 0) is 14.8 Å². The molecule has 27 heavy (non-hydrogen) atoms. The summed E-state index contributed by atoms with van der Waals surface area (Å²) in [7, 11) is -2.83. The van der Waals surface area contributed by atoms with E-state index in [9.17, 15) is 18.0 Å². The van der Waals surface area contributed by atoms with E-state index in [1.807, 2.05) is 4.72 Å². The number of carbonyl (C=O) groups is 2. The minimum atomic E-state index is -4.16. The van der Waals surface area contributed by atoms with Gasteiger partial charge in [0.05, 0.1) is 28.3 Å². The minimum absolute atomic E-state index is 0.0525. The maximum absolute atomic E-state index is 12.6. The van der Waals surface area contributed by atoms with E-state index in [-0.39, 0.29) is 16.2 Å². The lowest BCUT2D eigenvalue weighted by Crippen LogP contribution is -2.38. The van der Waals surface area contributed by atoms with Crippen molar-refractivity contribution < 1.29 is 27.9 Å². The highest BCUT2D eigenvalue weighted by Gasteiger charge is 2.24. The summed E-state index contributed by atoms with van der Waals surface area (Å²) in [6.07, 6.45) is 0. The number of methoxy groups -OCH3 is 1. The molecule has 3 N–H and O–H groups in total. The normalized spacial score (nSPS) is 12.3. The Hall–Kier alpha value is -2.62. The highest BCUT2D eigenvalue weighted by atomic mass is 35.5. The van der Waals surface area contributed by atoms with Crippen molar-refractivity contribution in [1.29, 1.82) is 0 Å². The Labute approximate surface area is 161 Å². The van der Waals surface area contributed by atoms with Gasteiger partial charge in [0.15, 0.2) is 0 Å². The molecule has 10 heteroatoms. The van der Waals surface area contributed by atoms with Gasteiger partial charge in [-0.15, -0.1) is 0 Å². The van der Waals surface area contributed by atoms with E-state index in [1.165, 1.54) is 26.2 Å². The predicted octanol–water partition coefficient (Wildman–Crippen LogP) is 2.35. The lowest BCUT2D eigenvalue weighted by molar-refractivity contribution is -0.138. The van der Waals surface area contributed by atoms with Crippen LogP contribution in [0, 0.1) is 0 Å². The molecule has 0 aliphatic heterocycles. The number of carbonyl (C=O) groups excluding carboxylic acids is 1. The molecule has 2 aromatic carbocycles. The Morgan fingerprint density at radius 3 is 2.44 bits per heavy atom. The largest absolute Gasteiger partial charge is 0.496 e. The second kappa shape index (κ2) is 8.38. The number of carboxylic acids is 1. The molecule has 144 valence electrons. The van der Waals surface area contributed by atoms with Gasteiger partial charge in [0.1, 0.15) is 11.8 Å². The number of halogens is 1. The van der Waals surface area contributed by atoms with Crippen LogP contribution >= 0.6 is 11.6 Å². The van der Waals surface area contributed by atoms with Gasteiger partial charge in [-0.25, -0.2) is 8.42 Å². The van der Waals surface area contributed by atoms with Gasteiger partial charge >= 0.3 is 5.97 Å². The fraction of sp³-hybridized carbons (Fsp3) is 0.176. The van der Waals surface area contributed by atoms with Gasteiger partial charge in [-0.3, -0.25) is 9.59 Å². The van der Waals surface area contributed by atoms with E-state index < -0.39 is 27.9 Å². The number of hydrogen-bond donors (Lipinski definition) is 3. The standard InChI is InChI=1S/C17H17ClN2O6S/c1-10(17(22)23)20-27(24,25)11-7-8-15(26-2)12(9-11)16(21)19-14-6-4-3-5-13(14)18/h3-10,20H,1-2H3,(H,19,21)(H,22,23)/t10-/m0/s1. The molecule has 0 fully saturated rings. The fourth-order valence-corrected chi connectivity index (χ4v) is 3.54. The summed E-state index contributed by atoms with van der Waals surface area (Å²) >= 11 is 6.01. The monoisotopic (exact) mass is 412 g/mol. The van der Waals surface area contributed by atoms with E-state index in [2.05, 4.69) is 5.32 Å². The molecule has 1 amide bonds. The summed E-state index contributed by atoms with van der Waals surface area (Å²) in [4.78, 5) is 23.2. The molecule has 2 rings (SSSR count). The molecule has 0 aliphatic carbocycles. The number of rotatable bonds is 7. The number of sulfonamides is 1. The lowest BCUT2D eigenvalue weighted by Gasteiger charge is -2.14. The summed E-state index contributed by atoms with van der Waals surface area (Å²) in [6.45, 7) is 1.19. The molecule has 2 aromatic rings. The minimum Gasteiger partial charge on any atom is -0.496 e. The zero-order valence-corrected chi connectivity index (χ0v) is 16.0. The average molecular weight is 413 g/mol. The third-order valence-corrected chi connectivity index (χ3v) is 5.42. The van der Waals surface area contributed by atoms with Crippen molar-refractivity contribution >= 4 is 39.2 Å². The number of benzene rings is 2. The van der Waals surface area contributed by atoms with E-state index in [1.54, 1.807) is 24.3 Å². The third-order valence-electron chi connectivity index (χ3n) is 3.55. The molecule has 0 saturated heterocycles. The second-order valence-electron chi connectivity index (χ2n) is 5.48. The molecule has 0 aliphatic rings. The number of anilines is 1. The Morgan fingerprint density at radius 2 is 1.85 bits per heavy atom. The highest BCUT2D eigenvalue weighted by Crippen LogP contribution is 2.26. The molecular weight excluding hydrogens is 396 g/mol. The predicted molar refractivity (Wildman–Crippen MR) is 99.8 cm³/mol. The number of amides is 1. The first-order valence-electron chi connectivity index (χ1n) is 7.64. The number of hydrogen-bond acceptors (Lipinski definition) is 5. The SMILES string of the molecule is COc1ccc(S(=O)(=O)N[C@@H](C)C(=O)O)cc1C(=O)Nc1ccccc1Cl. The van der Waals surface area contributed by atoms with E-state index in [0.717, 1.165) is 6.07 Å². The molecule has 0 bridgehead atoms. The van der Waals surface area contributed by atoms with Crippen molar-refractivity contribution in [2.24, 2.45) is 0 Å². The first kappa shape index (κ1) is 20.7. The molecule has 1 atom stereocenters. The third kappa shape index (κ3) is 4.97. The number of ether oxygens (including phenoxy) is 1. The van der Waals surface area contributed by atoms with Crippen LogP contribution in [0.4, 0.5) is 5.69 Å². The zero-order chi connectivity index (χ0) is 20.2. The van der Waals surface area contributed by atoms with Crippen molar-refractivity contribution in [3.05, 3.63) is 53.1 Å². The van der Waals surface area contributed by atoms with Gasteiger partial charge < -0.3 is 15.2 Å². The summed E-state index contributed by atoms with van der Waals surface area (Å²) in [5, 5.41) is 11.8. The molecule has 0 spiro atoms. The maximum Gasteiger partial charge on any atom is 0.321 e. The highest BCUT2D eigenvalue weighted by molar-refractivity contribution is 7.89. The maximum atomic E-state index is 12.6. The Balaban J connectivity index is 2.39. The molecule has 0 unspecified atom stereocenters. The molecule has 8 nitrogen and oxygen atoms in total. The van der Waals surface area contributed by atoms with Crippen LogP contribution < -0.4 is 14.8 Å². The molecule has 0 radical (unpaired) electrons. The van der Waals surface area contributed by atoms with Crippen LogP contribution in [0.5, 0.6) is 5.75 Å². The lowest BCUT2D eigenvalue weighted by atomic mass is 10.2. The van der Waals surface area contributed by atoms with Crippen molar-refractivity contribution in [2.45, 2.75) is 17.9 Å². The fourth-order valence-electron chi connectivity index (χ4n) is 2.14. The number of para-hydroxylation sites is 1. The quantitative estimate of drug-likeness (QED) is 0.641. The van der Waals surface area contributed by atoms with Crippen LogP contribution in [-0.4, -0.2) is 38.6 Å². The van der Waals surface area contributed by atoms with Gasteiger partial charge in [-0.1, -0.05) is 23.7 Å². The van der Waals surface area contributed by atoms with Crippen LogP contribution in [0.25, 0.3) is 0 Å². The number of nitrogens with one attached hydrogen (secondary N) is 2. The number of aliphatic carboxylic acids is 1. The Morgan fingerprint density at radius 1 is 1.19 bits per heavy atom.